The van der Waals surface area contributed by atoms with E-state index in [1.807, 2.05) is 18.2 Å². The summed E-state index contributed by atoms with van der Waals surface area (Å²) in [5.41, 5.74) is 1.87. The van der Waals surface area contributed by atoms with Crippen LogP contribution in [0.4, 0.5) is 0 Å². The third kappa shape index (κ3) is 4.20. The molecule has 0 saturated carbocycles. The second-order valence-corrected chi connectivity index (χ2v) is 7.33. The molecule has 0 bridgehead atoms. The minimum absolute atomic E-state index is 0.207. The molecule has 1 aromatic carbocycles. The molecule has 126 valence electrons. The summed E-state index contributed by atoms with van der Waals surface area (Å²) in [5.74, 6) is 0.562. The molecule has 0 fully saturated rings. The van der Waals surface area contributed by atoms with Crippen molar-refractivity contribution in [2.24, 2.45) is 5.92 Å². The molecule has 1 N–H and O–H groups in total. The molecule has 3 aromatic rings. The van der Waals surface area contributed by atoms with Gasteiger partial charge in [0.05, 0.1) is 20.9 Å². The predicted octanol–water partition coefficient (Wildman–Crippen LogP) is 3.85. The van der Waals surface area contributed by atoms with Crippen molar-refractivity contribution in [3.63, 3.8) is 0 Å². The van der Waals surface area contributed by atoms with Crippen molar-refractivity contribution in [2.45, 2.75) is 33.1 Å². The number of para-hydroxylation sites is 1. The van der Waals surface area contributed by atoms with Crippen LogP contribution in [-0.2, 0) is 12.8 Å². The van der Waals surface area contributed by atoms with Crippen LogP contribution in [0.1, 0.15) is 41.5 Å². The maximum absolute atomic E-state index is 12.0. The average molecular weight is 343 g/mol. The third-order valence-corrected chi connectivity index (χ3v) is 4.69. The monoisotopic (exact) mass is 343 g/mol. The van der Waals surface area contributed by atoms with Gasteiger partial charge in [-0.15, -0.1) is 11.3 Å². The number of nitrogens with one attached hydrogen (secondary N) is 1. The van der Waals surface area contributed by atoms with Gasteiger partial charge in [-0.2, -0.15) is 0 Å². The lowest BCUT2D eigenvalue weighted by atomic mass is 10.1. The van der Waals surface area contributed by atoms with E-state index in [2.05, 4.69) is 35.4 Å². The Bertz CT molecular complexity index is 789. The van der Waals surface area contributed by atoms with Crippen LogP contribution in [0.3, 0.4) is 0 Å². The van der Waals surface area contributed by atoms with Crippen molar-refractivity contribution >= 4 is 27.5 Å². The zero-order valence-electron chi connectivity index (χ0n) is 13.9. The van der Waals surface area contributed by atoms with Gasteiger partial charge in [0, 0.05) is 19.0 Å². The summed E-state index contributed by atoms with van der Waals surface area (Å²) in [5, 5.41) is 7.91. The minimum atomic E-state index is -0.207. The molecule has 0 unspecified atom stereocenters. The zero-order chi connectivity index (χ0) is 16.9. The number of hydrogen-bond donors (Lipinski definition) is 1. The summed E-state index contributed by atoms with van der Waals surface area (Å²) >= 11 is 1.71. The molecular formula is C18H21N3O2S. The molecule has 24 heavy (non-hydrogen) atoms. The van der Waals surface area contributed by atoms with Crippen LogP contribution in [0, 0.1) is 5.92 Å². The van der Waals surface area contributed by atoms with Gasteiger partial charge in [0.25, 0.3) is 5.91 Å². The molecule has 2 heterocycles. The minimum Gasteiger partial charge on any atom is -0.351 e. The lowest BCUT2D eigenvalue weighted by molar-refractivity contribution is 0.0916. The fourth-order valence-corrected chi connectivity index (χ4v) is 3.50. The van der Waals surface area contributed by atoms with Crippen molar-refractivity contribution in [1.82, 2.24) is 15.5 Å². The largest absolute Gasteiger partial charge is 0.351 e. The van der Waals surface area contributed by atoms with Gasteiger partial charge >= 0.3 is 0 Å². The Labute approximate surface area is 145 Å². The first-order valence-corrected chi connectivity index (χ1v) is 9.01. The fraction of sp³-hybridized carbons (Fsp3) is 0.389. The van der Waals surface area contributed by atoms with Crippen molar-refractivity contribution < 1.29 is 9.32 Å². The van der Waals surface area contributed by atoms with Gasteiger partial charge in [0.2, 0.25) is 5.76 Å². The first-order valence-electron chi connectivity index (χ1n) is 8.20. The van der Waals surface area contributed by atoms with E-state index in [9.17, 15) is 4.79 Å². The number of benzene rings is 1. The number of carbonyl (C=O) groups excluding carboxylic acids is 1. The van der Waals surface area contributed by atoms with E-state index in [0.717, 1.165) is 35.5 Å². The van der Waals surface area contributed by atoms with E-state index in [0.29, 0.717) is 12.5 Å². The van der Waals surface area contributed by atoms with Gasteiger partial charge in [0.1, 0.15) is 0 Å². The molecule has 0 radical (unpaired) electrons. The number of fused-ring (bicyclic) bond motifs is 1. The molecule has 5 nitrogen and oxygen atoms in total. The molecule has 0 aliphatic rings. The summed E-state index contributed by atoms with van der Waals surface area (Å²) in [6.45, 7) is 4.81. The highest BCUT2D eigenvalue weighted by atomic mass is 32.1. The standard InChI is InChI=1S/C18H21N3O2S/c1-12(2)10-13-11-15(23-21-13)18(22)19-9-5-8-17-20-14-6-3-4-7-16(14)24-17/h3-4,6-7,11-12H,5,8-10H2,1-2H3,(H,19,22). The summed E-state index contributed by atoms with van der Waals surface area (Å²) in [4.78, 5) is 16.6. The van der Waals surface area contributed by atoms with Gasteiger partial charge in [-0.25, -0.2) is 4.98 Å². The molecular weight excluding hydrogens is 322 g/mol. The fourth-order valence-electron chi connectivity index (χ4n) is 2.49. The summed E-state index contributed by atoms with van der Waals surface area (Å²) in [6.07, 6.45) is 2.52. The van der Waals surface area contributed by atoms with Crippen molar-refractivity contribution in [1.29, 1.82) is 0 Å². The van der Waals surface area contributed by atoms with E-state index < -0.39 is 0 Å². The predicted molar refractivity (Wildman–Crippen MR) is 95.3 cm³/mol. The molecule has 1 amide bonds. The van der Waals surface area contributed by atoms with Crippen LogP contribution < -0.4 is 5.32 Å². The highest BCUT2D eigenvalue weighted by molar-refractivity contribution is 7.18. The number of rotatable bonds is 7. The van der Waals surface area contributed by atoms with Crippen LogP contribution in [0.25, 0.3) is 10.2 Å². The first-order chi connectivity index (χ1) is 11.6. The molecule has 0 aliphatic carbocycles. The lowest BCUT2D eigenvalue weighted by Gasteiger charge is -2.01. The van der Waals surface area contributed by atoms with Crippen LogP contribution >= 0.6 is 11.3 Å². The maximum atomic E-state index is 12.0. The average Bonchev–Trinajstić information content (AvgIpc) is 3.17. The van der Waals surface area contributed by atoms with Crippen LogP contribution in [0.5, 0.6) is 0 Å². The topological polar surface area (TPSA) is 68.0 Å². The van der Waals surface area contributed by atoms with Gasteiger partial charge in [-0.1, -0.05) is 31.1 Å². The first kappa shape index (κ1) is 16.6. The molecule has 6 heteroatoms. The van der Waals surface area contributed by atoms with Crippen LogP contribution in [0.2, 0.25) is 0 Å². The molecule has 0 spiro atoms. The quantitative estimate of drug-likeness (QED) is 0.662. The maximum Gasteiger partial charge on any atom is 0.289 e. The summed E-state index contributed by atoms with van der Waals surface area (Å²) in [7, 11) is 0. The Balaban J connectivity index is 1.45. The Morgan fingerprint density at radius 2 is 2.17 bits per heavy atom. The highest BCUT2D eigenvalue weighted by Crippen LogP contribution is 2.22. The highest BCUT2D eigenvalue weighted by Gasteiger charge is 2.13. The molecule has 0 saturated heterocycles. The Morgan fingerprint density at radius 3 is 2.96 bits per heavy atom. The van der Waals surface area contributed by atoms with Gasteiger partial charge in [-0.3, -0.25) is 4.79 Å². The van der Waals surface area contributed by atoms with E-state index in [-0.39, 0.29) is 11.7 Å². The smallest absolute Gasteiger partial charge is 0.289 e. The number of carbonyl (C=O) groups is 1. The van der Waals surface area contributed by atoms with Gasteiger partial charge in [0.15, 0.2) is 0 Å². The molecule has 2 aromatic heterocycles. The second-order valence-electron chi connectivity index (χ2n) is 6.22. The zero-order valence-corrected chi connectivity index (χ0v) is 14.7. The molecule has 0 aliphatic heterocycles. The van der Waals surface area contributed by atoms with E-state index in [4.69, 9.17) is 4.52 Å². The number of aryl methyl sites for hydroxylation is 1. The van der Waals surface area contributed by atoms with Crippen LogP contribution in [0.15, 0.2) is 34.9 Å². The van der Waals surface area contributed by atoms with E-state index in [1.165, 1.54) is 4.70 Å². The number of nitrogens with zero attached hydrogens (tertiary/aromatic N) is 2. The number of hydrogen-bond acceptors (Lipinski definition) is 5. The molecule has 3 rings (SSSR count). The van der Waals surface area contributed by atoms with E-state index >= 15 is 0 Å². The Morgan fingerprint density at radius 1 is 1.33 bits per heavy atom. The Hall–Kier alpha value is -2.21. The Kier molecular flexibility index (Phi) is 5.25. The normalized spacial score (nSPS) is 11.3. The number of thiazole rings is 1. The summed E-state index contributed by atoms with van der Waals surface area (Å²) < 4.78 is 6.31. The third-order valence-electron chi connectivity index (χ3n) is 3.59. The number of aromatic nitrogens is 2. The van der Waals surface area contributed by atoms with Gasteiger partial charge < -0.3 is 9.84 Å². The second kappa shape index (κ2) is 7.57. The SMILES string of the molecule is CC(C)Cc1cc(C(=O)NCCCc2nc3ccccc3s2)on1. The number of amides is 1. The van der Waals surface area contributed by atoms with Crippen molar-refractivity contribution in [3.8, 4) is 0 Å². The summed E-state index contributed by atoms with van der Waals surface area (Å²) in [6, 6.07) is 9.85. The molecule has 0 atom stereocenters. The lowest BCUT2D eigenvalue weighted by Crippen LogP contribution is -2.24. The van der Waals surface area contributed by atoms with Crippen LogP contribution in [-0.4, -0.2) is 22.6 Å². The van der Waals surface area contributed by atoms with E-state index in [1.54, 1.807) is 17.4 Å². The van der Waals surface area contributed by atoms with Crippen molar-refractivity contribution in [3.05, 3.63) is 46.8 Å². The van der Waals surface area contributed by atoms with Crippen molar-refractivity contribution in [2.75, 3.05) is 6.54 Å². The van der Waals surface area contributed by atoms with Gasteiger partial charge in [-0.05, 0) is 30.9 Å².